The van der Waals surface area contributed by atoms with Gasteiger partial charge in [0.05, 0.1) is 92.5 Å². The molecule has 192 valence electrons. The van der Waals surface area contributed by atoms with Crippen LogP contribution < -0.4 is 0 Å². The fourth-order valence-corrected chi connectivity index (χ4v) is 2.75. The Bertz CT molecular complexity index is 354. The van der Waals surface area contributed by atoms with E-state index in [2.05, 4.69) is 6.92 Å². The minimum atomic E-state index is -0.0533. The molecule has 1 aliphatic rings. The SMILES string of the molecule is CCCCOCCOCCOCCOCCOCCOCCOCCOC1CCCCO1. The van der Waals surface area contributed by atoms with Crippen molar-refractivity contribution in [3.8, 4) is 0 Å². The highest BCUT2D eigenvalue weighted by Gasteiger charge is 2.13. The van der Waals surface area contributed by atoms with Crippen LogP contribution in [0.5, 0.6) is 0 Å². The van der Waals surface area contributed by atoms with E-state index in [9.17, 15) is 0 Å². The highest BCUT2D eigenvalue weighted by molar-refractivity contribution is 4.53. The molecule has 1 fully saturated rings. The van der Waals surface area contributed by atoms with Crippen LogP contribution in [0.1, 0.15) is 39.0 Å². The molecule has 0 aromatic heterocycles. The Labute approximate surface area is 194 Å². The standard InChI is InChI=1S/C23H46O9/c1-2-3-7-24-9-10-25-11-12-26-13-14-27-15-16-28-17-18-29-19-20-30-21-22-32-23-6-4-5-8-31-23/h23H,2-22H2,1H3. The average molecular weight is 467 g/mol. The molecule has 1 unspecified atom stereocenters. The molecule has 0 saturated carbocycles. The van der Waals surface area contributed by atoms with Gasteiger partial charge in [-0.15, -0.1) is 0 Å². The molecule has 1 aliphatic heterocycles. The summed E-state index contributed by atoms with van der Waals surface area (Å²) in [6, 6.07) is 0. The van der Waals surface area contributed by atoms with Crippen LogP contribution in [0.15, 0.2) is 0 Å². The summed E-state index contributed by atoms with van der Waals surface area (Å²) in [6.07, 6.45) is 5.49. The van der Waals surface area contributed by atoms with Gasteiger partial charge in [0, 0.05) is 13.2 Å². The zero-order chi connectivity index (χ0) is 22.8. The molecular formula is C23H46O9. The highest BCUT2D eigenvalue weighted by Crippen LogP contribution is 2.13. The second-order valence-corrected chi connectivity index (χ2v) is 7.31. The van der Waals surface area contributed by atoms with Gasteiger partial charge >= 0.3 is 0 Å². The van der Waals surface area contributed by atoms with Crippen molar-refractivity contribution in [2.75, 3.05) is 106 Å². The third-order valence-corrected chi connectivity index (χ3v) is 4.54. The van der Waals surface area contributed by atoms with Gasteiger partial charge in [0.15, 0.2) is 6.29 Å². The lowest BCUT2D eigenvalue weighted by atomic mass is 10.2. The summed E-state index contributed by atoms with van der Waals surface area (Å²) >= 11 is 0. The predicted molar refractivity (Wildman–Crippen MR) is 120 cm³/mol. The zero-order valence-electron chi connectivity index (χ0n) is 20.1. The fraction of sp³-hybridized carbons (Fsp3) is 1.00. The Hall–Kier alpha value is -0.360. The Morgan fingerprint density at radius 2 is 0.938 bits per heavy atom. The van der Waals surface area contributed by atoms with Crippen LogP contribution in [0.4, 0.5) is 0 Å². The molecule has 1 atom stereocenters. The van der Waals surface area contributed by atoms with Crippen LogP contribution in [0, 0.1) is 0 Å². The average Bonchev–Trinajstić information content (AvgIpc) is 2.82. The van der Waals surface area contributed by atoms with E-state index in [1.165, 1.54) is 6.42 Å². The van der Waals surface area contributed by atoms with Crippen LogP contribution in [0.3, 0.4) is 0 Å². The fourth-order valence-electron chi connectivity index (χ4n) is 2.75. The Morgan fingerprint density at radius 3 is 1.31 bits per heavy atom. The third kappa shape index (κ3) is 21.5. The van der Waals surface area contributed by atoms with E-state index in [1.54, 1.807) is 0 Å². The minimum Gasteiger partial charge on any atom is -0.379 e. The van der Waals surface area contributed by atoms with E-state index in [0.717, 1.165) is 38.9 Å². The Morgan fingerprint density at radius 1 is 0.531 bits per heavy atom. The molecule has 0 bridgehead atoms. The summed E-state index contributed by atoms with van der Waals surface area (Å²) in [6.45, 7) is 11.7. The summed E-state index contributed by atoms with van der Waals surface area (Å²) in [7, 11) is 0. The van der Waals surface area contributed by atoms with Gasteiger partial charge < -0.3 is 42.6 Å². The first-order chi connectivity index (χ1) is 15.9. The molecule has 0 aromatic carbocycles. The molecule has 32 heavy (non-hydrogen) atoms. The van der Waals surface area contributed by atoms with Gasteiger partial charge in [0.1, 0.15) is 0 Å². The Balaban J connectivity index is 1.62. The molecule has 1 rings (SSSR count). The largest absolute Gasteiger partial charge is 0.379 e. The van der Waals surface area contributed by atoms with Crippen LogP contribution in [-0.2, 0) is 42.6 Å². The van der Waals surface area contributed by atoms with Crippen molar-refractivity contribution >= 4 is 0 Å². The summed E-state index contributed by atoms with van der Waals surface area (Å²) in [5.41, 5.74) is 0. The maximum atomic E-state index is 5.59. The second-order valence-electron chi connectivity index (χ2n) is 7.31. The number of ether oxygens (including phenoxy) is 9. The molecule has 9 heteroatoms. The molecule has 0 amide bonds. The number of hydrogen-bond acceptors (Lipinski definition) is 9. The van der Waals surface area contributed by atoms with Crippen molar-refractivity contribution < 1.29 is 42.6 Å². The van der Waals surface area contributed by atoms with Crippen LogP contribution in [-0.4, -0.2) is 112 Å². The quantitative estimate of drug-likeness (QED) is 0.188. The summed E-state index contributed by atoms with van der Waals surface area (Å²) in [5.74, 6) is 0. The molecule has 0 aromatic rings. The van der Waals surface area contributed by atoms with Gasteiger partial charge in [-0.25, -0.2) is 0 Å². The number of unbranched alkanes of at least 4 members (excludes halogenated alkanes) is 1. The second kappa shape index (κ2) is 25.3. The van der Waals surface area contributed by atoms with Gasteiger partial charge in [-0.05, 0) is 25.7 Å². The lowest BCUT2D eigenvalue weighted by Crippen LogP contribution is -2.24. The Kier molecular flexibility index (Phi) is 23.4. The molecule has 1 heterocycles. The normalized spacial score (nSPS) is 16.6. The van der Waals surface area contributed by atoms with E-state index in [1.807, 2.05) is 0 Å². The van der Waals surface area contributed by atoms with E-state index < -0.39 is 0 Å². The van der Waals surface area contributed by atoms with E-state index in [0.29, 0.717) is 92.5 Å². The van der Waals surface area contributed by atoms with Gasteiger partial charge in [-0.3, -0.25) is 0 Å². The summed E-state index contributed by atoms with van der Waals surface area (Å²) in [4.78, 5) is 0. The number of rotatable bonds is 25. The molecule has 0 N–H and O–H groups in total. The molecule has 9 nitrogen and oxygen atoms in total. The summed E-state index contributed by atoms with van der Waals surface area (Å²) in [5, 5.41) is 0. The monoisotopic (exact) mass is 466 g/mol. The number of hydrogen-bond donors (Lipinski definition) is 0. The topological polar surface area (TPSA) is 83.1 Å². The lowest BCUT2D eigenvalue weighted by molar-refractivity contribution is -0.169. The van der Waals surface area contributed by atoms with Gasteiger partial charge in [-0.1, -0.05) is 13.3 Å². The first-order valence-corrected chi connectivity index (χ1v) is 12.2. The third-order valence-electron chi connectivity index (χ3n) is 4.54. The van der Waals surface area contributed by atoms with E-state index >= 15 is 0 Å². The smallest absolute Gasteiger partial charge is 0.157 e. The molecular weight excluding hydrogens is 420 g/mol. The van der Waals surface area contributed by atoms with Crippen molar-refractivity contribution in [2.24, 2.45) is 0 Å². The lowest BCUT2D eigenvalue weighted by Gasteiger charge is -2.22. The molecule has 1 saturated heterocycles. The van der Waals surface area contributed by atoms with Gasteiger partial charge in [-0.2, -0.15) is 0 Å². The molecule has 0 aliphatic carbocycles. The van der Waals surface area contributed by atoms with Crippen molar-refractivity contribution in [2.45, 2.75) is 45.3 Å². The maximum Gasteiger partial charge on any atom is 0.157 e. The van der Waals surface area contributed by atoms with Crippen molar-refractivity contribution in [1.29, 1.82) is 0 Å². The van der Waals surface area contributed by atoms with Crippen LogP contribution >= 0.6 is 0 Å². The zero-order valence-corrected chi connectivity index (χ0v) is 20.1. The van der Waals surface area contributed by atoms with Crippen molar-refractivity contribution in [3.63, 3.8) is 0 Å². The van der Waals surface area contributed by atoms with Crippen LogP contribution in [0.2, 0.25) is 0 Å². The summed E-state index contributed by atoms with van der Waals surface area (Å²) < 4.78 is 49.2. The van der Waals surface area contributed by atoms with Crippen molar-refractivity contribution in [3.05, 3.63) is 0 Å². The van der Waals surface area contributed by atoms with Crippen LogP contribution in [0.25, 0.3) is 0 Å². The first kappa shape index (κ1) is 29.7. The highest BCUT2D eigenvalue weighted by atomic mass is 16.7. The van der Waals surface area contributed by atoms with Crippen molar-refractivity contribution in [1.82, 2.24) is 0 Å². The maximum absolute atomic E-state index is 5.59. The van der Waals surface area contributed by atoms with Gasteiger partial charge in [0.25, 0.3) is 0 Å². The van der Waals surface area contributed by atoms with E-state index in [-0.39, 0.29) is 6.29 Å². The van der Waals surface area contributed by atoms with E-state index in [4.69, 9.17) is 42.6 Å². The van der Waals surface area contributed by atoms with Gasteiger partial charge in [0.2, 0.25) is 0 Å². The molecule has 0 radical (unpaired) electrons. The minimum absolute atomic E-state index is 0.0533. The first-order valence-electron chi connectivity index (χ1n) is 12.2. The predicted octanol–water partition coefficient (Wildman–Crippen LogP) is 2.45. The molecule has 0 spiro atoms.